The van der Waals surface area contributed by atoms with Gasteiger partial charge in [-0.1, -0.05) is 18.7 Å². The van der Waals surface area contributed by atoms with E-state index in [0.717, 1.165) is 19.5 Å². The van der Waals surface area contributed by atoms with Gasteiger partial charge in [0.1, 0.15) is 5.37 Å². The maximum Gasteiger partial charge on any atom is 0.165 e. The van der Waals surface area contributed by atoms with E-state index in [0.29, 0.717) is 12.2 Å². The molecule has 1 N–H and O–H groups in total. The van der Waals surface area contributed by atoms with Crippen LogP contribution in [0.2, 0.25) is 0 Å². The number of hydrogen-bond donors (Lipinski definition) is 1. The smallest absolute Gasteiger partial charge is 0.165 e. The third-order valence-electron chi connectivity index (χ3n) is 2.70. The van der Waals surface area contributed by atoms with E-state index in [1.807, 2.05) is 6.92 Å². The molecule has 0 bridgehead atoms. The Bertz CT molecular complexity index is 288. The summed E-state index contributed by atoms with van der Waals surface area (Å²) in [5.41, 5.74) is 1.31. The van der Waals surface area contributed by atoms with Crippen molar-refractivity contribution < 1.29 is 4.79 Å². The Morgan fingerprint density at radius 3 is 3.21 bits per heavy atom. The second-order valence-corrected chi connectivity index (χ2v) is 5.05. The summed E-state index contributed by atoms with van der Waals surface area (Å²) >= 11 is 1.71. The van der Waals surface area contributed by atoms with Crippen molar-refractivity contribution in [1.29, 1.82) is 0 Å². The van der Waals surface area contributed by atoms with Crippen molar-refractivity contribution in [2.75, 3.05) is 20.1 Å². The standard InChI is InChI=1S/C10H16N2OS/c1-3-8(13)10-11-7-4-5-12(2)6-9(7)14-10/h10-11H,3-6H2,1-2H3. The fourth-order valence-electron chi connectivity index (χ4n) is 1.78. The molecule has 0 aromatic heterocycles. The van der Waals surface area contributed by atoms with Crippen LogP contribution in [0, 0.1) is 0 Å². The second kappa shape index (κ2) is 3.95. The molecule has 0 aromatic rings. The Labute approximate surface area is 88.9 Å². The van der Waals surface area contributed by atoms with Gasteiger partial charge in [0.15, 0.2) is 5.78 Å². The van der Waals surface area contributed by atoms with Gasteiger partial charge in [0, 0.05) is 36.5 Å². The molecule has 0 spiro atoms. The van der Waals surface area contributed by atoms with Crippen molar-refractivity contribution in [3.63, 3.8) is 0 Å². The minimum absolute atomic E-state index is 0.00324. The summed E-state index contributed by atoms with van der Waals surface area (Å²) in [6.07, 6.45) is 1.69. The highest BCUT2D eigenvalue weighted by atomic mass is 32.2. The Hall–Kier alpha value is -0.480. The average Bonchev–Trinajstić information content (AvgIpc) is 2.59. The summed E-state index contributed by atoms with van der Waals surface area (Å²) in [6.45, 7) is 4.02. The van der Waals surface area contributed by atoms with Gasteiger partial charge in [0.25, 0.3) is 0 Å². The number of hydrogen-bond acceptors (Lipinski definition) is 4. The number of likely N-dealkylation sites (N-methyl/N-ethyl adjacent to an activating group) is 1. The molecule has 0 aromatic carbocycles. The predicted octanol–water partition coefficient (Wildman–Crippen LogP) is 1.18. The van der Waals surface area contributed by atoms with Crippen LogP contribution in [0.3, 0.4) is 0 Å². The number of nitrogens with one attached hydrogen (secondary N) is 1. The summed E-state index contributed by atoms with van der Waals surface area (Å²) in [5.74, 6) is 0.312. The van der Waals surface area contributed by atoms with E-state index in [2.05, 4.69) is 17.3 Å². The van der Waals surface area contributed by atoms with E-state index in [-0.39, 0.29) is 5.37 Å². The second-order valence-electron chi connectivity index (χ2n) is 3.85. The molecule has 4 heteroatoms. The molecule has 0 fully saturated rings. The average molecular weight is 212 g/mol. The zero-order chi connectivity index (χ0) is 10.1. The summed E-state index contributed by atoms with van der Waals surface area (Å²) in [4.78, 5) is 15.2. The summed E-state index contributed by atoms with van der Waals surface area (Å²) < 4.78 is 0. The van der Waals surface area contributed by atoms with Crippen LogP contribution in [-0.2, 0) is 4.79 Å². The largest absolute Gasteiger partial charge is 0.369 e. The van der Waals surface area contributed by atoms with Crippen molar-refractivity contribution in [2.24, 2.45) is 0 Å². The molecule has 2 heterocycles. The van der Waals surface area contributed by atoms with E-state index < -0.39 is 0 Å². The fourth-order valence-corrected chi connectivity index (χ4v) is 3.17. The first-order valence-corrected chi connectivity index (χ1v) is 5.95. The SMILES string of the molecule is CCC(=O)C1NC2=C(CN(C)CC2)S1. The summed E-state index contributed by atoms with van der Waals surface area (Å²) in [7, 11) is 2.12. The third kappa shape index (κ3) is 1.81. The van der Waals surface area contributed by atoms with Gasteiger partial charge in [-0.15, -0.1) is 0 Å². The lowest BCUT2D eigenvalue weighted by molar-refractivity contribution is -0.118. The molecule has 0 radical (unpaired) electrons. The fraction of sp³-hybridized carbons (Fsp3) is 0.700. The van der Waals surface area contributed by atoms with Crippen molar-refractivity contribution in [3.8, 4) is 0 Å². The predicted molar refractivity (Wildman–Crippen MR) is 59.0 cm³/mol. The topological polar surface area (TPSA) is 32.3 Å². The zero-order valence-electron chi connectivity index (χ0n) is 8.67. The molecule has 1 unspecified atom stereocenters. The van der Waals surface area contributed by atoms with E-state index in [9.17, 15) is 4.79 Å². The van der Waals surface area contributed by atoms with Crippen LogP contribution >= 0.6 is 11.8 Å². The minimum atomic E-state index is -0.00324. The molecule has 0 amide bonds. The van der Waals surface area contributed by atoms with Crippen molar-refractivity contribution in [2.45, 2.75) is 25.1 Å². The number of carbonyl (C=O) groups excluding carboxylic acids is 1. The minimum Gasteiger partial charge on any atom is -0.369 e. The number of nitrogens with zero attached hydrogens (tertiary/aromatic N) is 1. The quantitative estimate of drug-likeness (QED) is 0.745. The van der Waals surface area contributed by atoms with Gasteiger partial charge in [0.05, 0.1) is 0 Å². The first kappa shape index (κ1) is 10.1. The lowest BCUT2D eigenvalue weighted by Gasteiger charge is -2.22. The maximum atomic E-state index is 11.5. The van der Waals surface area contributed by atoms with Crippen molar-refractivity contribution in [3.05, 3.63) is 10.6 Å². The summed E-state index contributed by atoms with van der Waals surface area (Å²) in [6, 6.07) is 0. The molecule has 14 heavy (non-hydrogen) atoms. The molecule has 2 aliphatic heterocycles. The lowest BCUT2D eigenvalue weighted by atomic mass is 10.2. The number of thioether (sulfide) groups is 1. The Morgan fingerprint density at radius 2 is 2.50 bits per heavy atom. The van der Waals surface area contributed by atoms with E-state index in [1.54, 1.807) is 11.8 Å². The number of ketones is 1. The van der Waals surface area contributed by atoms with Gasteiger partial charge in [-0.2, -0.15) is 0 Å². The molecule has 78 valence electrons. The Kier molecular flexibility index (Phi) is 2.83. The third-order valence-corrected chi connectivity index (χ3v) is 3.98. The first-order valence-electron chi connectivity index (χ1n) is 5.07. The zero-order valence-corrected chi connectivity index (χ0v) is 9.49. The van der Waals surface area contributed by atoms with E-state index in [4.69, 9.17) is 0 Å². The van der Waals surface area contributed by atoms with Gasteiger partial charge in [0.2, 0.25) is 0 Å². The number of carbonyl (C=O) groups is 1. The van der Waals surface area contributed by atoms with Gasteiger partial charge in [-0.25, -0.2) is 0 Å². The van der Waals surface area contributed by atoms with Gasteiger partial charge in [-0.3, -0.25) is 4.79 Å². The molecule has 2 aliphatic rings. The highest BCUT2D eigenvalue weighted by Gasteiger charge is 2.30. The Morgan fingerprint density at radius 1 is 1.71 bits per heavy atom. The first-order chi connectivity index (χ1) is 6.70. The molecular formula is C10H16N2OS. The van der Waals surface area contributed by atoms with Crippen LogP contribution in [0.4, 0.5) is 0 Å². The van der Waals surface area contributed by atoms with Crippen LogP contribution < -0.4 is 5.32 Å². The van der Waals surface area contributed by atoms with Crippen molar-refractivity contribution >= 4 is 17.5 Å². The molecule has 1 atom stereocenters. The molecule has 0 saturated heterocycles. The van der Waals surface area contributed by atoms with Crippen LogP contribution in [0.15, 0.2) is 10.6 Å². The molecular weight excluding hydrogens is 196 g/mol. The molecule has 0 aliphatic carbocycles. The van der Waals surface area contributed by atoms with Crippen LogP contribution in [0.5, 0.6) is 0 Å². The highest BCUT2D eigenvalue weighted by molar-refractivity contribution is 8.04. The van der Waals surface area contributed by atoms with Crippen LogP contribution in [-0.4, -0.2) is 36.2 Å². The van der Waals surface area contributed by atoms with Crippen LogP contribution in [0.1, 0.15) is 19.8 Å². The Balaban J connectivity index is 2.02. The van der Waals surface area contributed by atoms with Crippen molar-refractivity contribution in [1.82, 2.24) is 10.2 Å². The number of Topliss-reactive ketones (excluding diaryl/α,β-unsaturated/α-hetero) is 1. The van der Waals surface area contributed by atoms with Gasteiger partial charge in [-0.05, 0) is 7.05 Å². The normalized spacial score (nSPS) is 27.4. The molecule has 2 rings (SSSR count). The maximum absolute atomic E-state index is 11.5. The van der Waals surface area contributed by atoms with E-state index >= 15 is 0 Å². The van der Waals surface area contributed by atoms with Gasteiger partial charge < -0.3 is 10.2 Å². The summed E-state index contributed by atoms with van der Waals surface area (Å²) in [5, 5.41) is 3.33. The number of rotatable bonds is 2. The molecule has 0 saturated carbocycles. The molecule has 3 nitrogen and oxygen atoms in total. The van der Waals surface area contributed by atoms with Crippen LogP contribution in [0.25, 0.3) is 0 Å². The monoisotopic (exact) mass is 212 g/mol. The highest BCUT2D eigenvalue weighted by Crippen LogP contribution is 2.35. The van der Waals surface area contributed by atoms with Gasteiger partial charge >= 0.3 is 0 Å². The van der Waals surface area contributed by atoms with E-state index in [1.165, 1.54) is 10.6 Å². The lowest BCUT2D eigenvalue weighted by Crippen LogP contribution is -2.31.